The molecule has 19 heavy (non-hydrogen) atoms. The third-order valence-electron chi connectivity index (χ3n) is 3.05. The molecular formula is C13H11BrN4S. The van der Waals surface area contributed by atoms with E-state index >= 15 is 0 Å². The lowest BCUT2D eigenvalue weighted by Gasteiger charge is -2.16. The number of hydrogen-bond donors (Lipinski definition) is 0. The SMILES string of the molecule is N#Cc1cc(N2CCCC2)nc(-c2ccc(Br)s2)n1. The molecule has 0 aromatic carbocycles. The summed E-state index contributed by atoms with van der Waals surface area (Å²) in [6.45, 7) is 2.02. The van der Waals surface area contributed by atoms with Gasteiger partial charge in [0.2, 0.25) is 0 Å². The van der Waals surface area contributed by atoms with Crippen molar-refractivity contribution >= 4 is 33.1 Å². The number of rotatable bonds is 2. The first-order valence-electron chi connectivity index (χ1n) is 6.06. The van der Waals surface area contributed by atoms with Gasteiger partial charge in [-0.05, 0) is 40.9 Å². The molecule has 0 atom stereocenters. The molecule has 0 bridgehead atoms. The van der Waals surface area contributed by atoms with Gasteiger partial charge in [-0.3, -0.25) is 0 Å². The van der Waals surface area contributed by atoms with E-state index in [2.05, 4.69) is 36.9 Å². The van der Waals surface area contributed by atoms with Crippen LogP contribution in [0.15, 0.2) is 22.0 Å². The van der Waals surface area contributed by atoms with Crippen LogP contribution in [0.3, 0.4) is 0 Å². The molecule has 0 saturated carbocycles. The molecule has 0 unspecified atom stereocenters. The monoisotopic (exact) mass is 334 g/mol. The second kappa shape index (κ2) is 5.27. The Morgan fingerprint density at radius 3 is 2.68 bits per heavy atom. The molecule has 0 radical (unpaired) electrons. The maximum absolute atomic E-state index is 9.12. The molecule has 0 aliphatic carbocycles. The van der Waals surface area contributed by atoms with Gasteiger partial charge in [-0.25, -0.2) is 9.97 Å². The predicted molar refractivity (Wildman–Crippen MR) is 79.2 cm³/mol. The molecule has 0 N–H and O–H groups in total. The zero-order valence-electron chi connectivity index (χ0n) is 10.1. The summed E-state index contributed by atoms with van der Waals surface area (Å²) in [5.41, 5.74) is 0.427. The lowest BCUT2D eigenvalue weighted by Crippen LogP contribution is -2.19. The van der Waals surface area contributed by atoms with Gasteiger partial charge in [-0.2, -0.15) is 5.26 Å². The standard InChI is InChI=1S/C13H11BrN4S/c14-11-4-3-10(19-11)13-16-9(8-15)7-12(17-13)18-5-1-2-6-18/h3-4,7H,1-2,5-6H2. The second-order valence-corrected chi connectivity index (χ2v) is 6.81. The van der Waals surface area contributed by atoms with E-state index in [1.54, 1.807) is 17.4 Å². The van der Waals surface area contributed by atoms with Gasteiger partial charge in [-0.1, -0.05) is 0 Å². The summed E-state index contributed by atoms with van der Waals surface area (Å²) in [5.74, 6) is 1.50. The molecule has 0 spiro atoms. The zero-order chi connectivity index (χ0) is 13.2. The molecule has 4 nitrogen and oxygen atoms in total. The van der Waals surface area contributed by atoms with Crippen LogP contribution in [-0.2, 0) is 0 Å². The summed E-state index contributed by atoms with van der Waals surface area (Å²) in [6, 6.07) is 7.84. The molecule has 1 saturated heterocycles. The van der Waals surface area contributed by atoms with Crippen molar-refractivity contribution in [1.29, 1.82) is 5.26 Å². The van der Waals surface area contributed by atoms with Gasteiger partial charge in [0.05, 0.1) is 8.66 Å². The molecule has 1 aliphatic heterocycles. The number of halogens is 1. The molecular weight excluding hydrogens is 324 g/mol. The smallest absolute Gasteiger partial charge is 0.172 e. The Bertz CT molecular complexity index is 640. The van der Waals surface area contributed by atoms with Gasteiger partial charge in [0.1, 0.15) is 17.6 Å². The third kappa shape index (κ3) is 2.62. The summed E-state index contributed by atoms with van der Waals surface area (Å²) in [7, 11) is 0. The molecule has 96 valence electrons. The van der Waals surface area contributed by atoms with Crippen molar-refractivity contribution in [2.75, 3.05) is 18.0 Å². The van der Waals surface area contributed by atoms with E-state index in [1.165, 1.54) is 12.8 Å². The van der Waals surface area contributed by atoms with Crippen LogP contribution in [-0.4, -0.2) is 23.1 Å². The van der Waals surface area contributed by atoms with Crippen molar-refractivity contribution < 1.29 is 0 Å². The van der Waals surface area contributed by atoms with Gasteiger partial charge >= 0.3 is 0 Å². The fourth-order valence-corrected chi connectivity index (χ4v) is 3.46. The molecule has 2 aromatic rings. The van der Waals surface area contributed by atoms with Crippen molar-refractivity contribution in [2.45, 2.75) is 12.8 Å². The Morgan fingerprint density at radius 1 is 1.26 bits per heavy atom. The Kier molecular flexibility index (Phi) is 3.49. The van der Waals surface area contributed by atoms with E-state index in [0.29, 0.717) is 11.5 Å². The predicted octanol–water partition coefficient (Wildman–Crippen LogP) is 3.44. The quantitative estimate of drug-likeness (QED) is 0.844. The van der Waals surface area contributed by atoms with Crippen molar-refractivity contribution in [3.8, 4) is 16.8 Å². The number of nitriles is 1. The average molecular weight is 335 g/mol. The first-order chi connectivity index (χ1) is 9.26. The summed E-state index contributed by atoms with van der Waals surface area (Å²) in [4.78, 5) is 12.1. The summed E-state index contributed by atoms with van der Waals surface area (Å²) >= 11 is 5.01. The maximum atomic E-state index is 9.12. The van der Waals surface area contributed by atoms with Crippen LogP contribution in [0.5, 0.6) is 0 Å². The third-order valence-corrected chi connectivity index (χ3v) is 4.67. The lowest BCUT2D eigenvalue weighted by atomic mass is 10.3. The first-order valence-corrected chi connectivity index (χ1v) is 7.67. The van der Waals surface area contributed by atoms with Gasteiger partial charge in [-0.15, -0.1) is 11.3 Å². The zero-order valence-corrected chi connectivity index (χ0v) is 12.5. The van der Waals surface area contributed by atoms with E-state index in [4.69, 9.17) is 5.26 Å². The van der Waals surface area contributed by atoms with Crippen molar-refractivity contribution in [1.82, 2.24) is 9.97 Å². The molecule has 1 fully saturated rings. The highest BCUT2D eigenvalue weighted by molar-refractivity contribution is 9.11. The number of aromatic nitrogens is 2. The van der Waals surface area contributed by atoms with Crippen LogP contribution >= 0.6 is 27.3 Å². The molecule has 0 amide bonds. The topological polar surface area (TPSA) is 52.8 Å². The summed E-state index contributed by atoms with van der Waals surface area (Å²) in [5, 5.41) is 9.12. The molecule has 6 heteroatoms. The molecule has 3 heterocycles. The second-order valence-electron chi connectivity index (χ2n) is 4.34. The van der Waals surface area contributed by atoms with Crippen LogP contribution in [0.25, 0.3) is 10.7 Å². The summed E-state index contributed by atoms with van der Waals surface area (Å²) < 4.78 is 1.04. The minimum Gasteiger partial charge on any atom is -0.356 e. The van der Waals surface area contributed by atoms with Gasteiger partial charge in [0.15, 0.2) is 5.82 Å². The molecule has 3 rings (SSSR count). The first kappa shape index (κ1) is 12.6. The highest BCUT2D eigenvalue weighted by Crippen LogP contribution is 2.30. The average Bonchev–Trinajstić information content (AvgIpc) is 3.09. The van der Waals surface area contributed by atoms with Crippen LogP contribution < -0.4 is 4.90 Å². The molecule has 1 aliphatic rings. The number of hydrogen-bond acceptors (Lipinski definition) is 5. The number of nitrogens with zero attached hydrogens (tertiary/aromatic N) is 4. The van der Waals surface area contributed by atoms with E-state index in [0.717, 1.165) is 27.6 Å². The lowest BCUT2D eigenvalue weighted by molar-refractivity contribution is 0.928. The molecule has 2 aromatic heterocycles. The van der Waals surface area contributed by atoms with Crippen LogP contribution in [0, 0.1) is 11.3 Å². The fraction of sp³-hybridized carbons (Fsp3) is 0.308. The fourth-order valence-electron chi connectivity index (χ4n) is 2.14. The van der Waals surface area contributed by atoms with E-state index in [-0.39, 0.29) is 0 Å². The highest BCUT2D eigenvalue weighted by Gasteiger charge is 2.16. The minimum absolute atomic E-state index is 0.427. The van der Waals surface area contributed by atoms with Crippen LogP contribution in [0.2, 0.25) is 0 Å². The van der Waals surface area contributed by atoms with Gasteiger partial charge in [0, 0.05) is 19.2 Å². The Hall–Kier alpha value is -1.45. The largest absolute Gasteiger partial charge is 0.356 e. The maximum Gasteiger partial charge on any atom is 0.172 e. The summed E-state index contributed by atoms with van der Waals surface area (Å²) in [6.07, 6.45) is 2.37. The van der Waals surface area contributed by atoms with E-state index in [1.807, 2.05) is 12.1 Å². The van der Waals surface area contributed by atoms with E-state index in [9.17, 15) is 0 Å². The minimum atomic E-state index is 0.427. The van der Waals surface area contributed by atoms with Crippen LogP contribution in [0.4, 0.5) is 5.82 Å². The van der Waals surface area contributed by atoms with Crippen molar-refractivity contribution in [3.05, 3.63) is 27.7 Å². The van der Waals surface area contributed by atoms with E-state index < -0.39 is 0 Å². The Balaban J connectivity index is 2.04. The van der Waals surface area contributed by atoms with Crippen molar-refractivity contribution in [2.24, 2.45) is 0 Å². The van der Waals surface area contributed by atoms with Crippen LogP contribution in [0.1, 0.15) is 18.5 Å². The van der Waals surface area contributed by atoms with Gasteiger partial charge < -0.3 is 4.90 Å². The Labute approximate surface area is 123 Å². The van der Waals surface area contributed by atoms with Crippen molar-refractivity contribution in [3.63, 3.8) is 0 Å². The Morgan fingerprint density at radius 2 is 2.05 bits per heavy atom. The highest BCUT2D eigenvalue weighted by atomic mass is 79.9. The number of anilines is 1. The number of thiophene rings is 1. The van der Waals surface area contributed by atoms with Gasteiger partial charge in [0.25, 0.3) is 0 Å². The normalized spacial score (nSPS) is 14.6.